The normalized spacial score (nSPS) is 18.9. The highest BCUT2D eigenvalue weighted by atomic mass is 16.2. The molecule has 1 aromatic heterocycles. The third-order valence-corrected chi connectivity index (χ3v) is 4.05. The fraction of sp³-hybridized carbons (Fsp3) is 0.467. The fourth-order valence-electron chi connectivity index (χ4n) is 2.88. The number of nitrogens with one attached hydrogen (secondary N) is 1. The van der Waals surface area contributed by atoms with Gasteiger partial charge in [0.1, 0.15) is 11.0 Å². The Balaban J connectivity index is 1.89. The largest absolute Gasteiger partial charge is 0.329 e. The van der Waals surface area contributed by atoms with Gasteiger partial charge in [-0.25, -0.2) is 0 Å². The molecule has 2 heterocycles. The summed E-state index contributed by atoms with van der Waals surface area (Å²) in [6.45, 7) is 2.49. The minimum Gasteiger partial charge on any atom is -0.329 e. The van der Waals surface area contributed by atoms with Crippen LogP contribution in [0.3, 0.4) is 0 Å². The van der Waals surface area contributed by atoms with E-state index in [4.69, 9.17) is 0 Å². The van der Waals surface area contributed by atoms with Crippen molar-refractivity contribution in [3.63, 3.8) is 0 Å². The van der Waals surface area contributed by atoms with Crippen LogP contribution in [0.25, 0.3) is 11.0 Å². The third-order valence-electron chi connectivity index (χ3n) is 4.05. The smallest absolute Gasteiger partial charge is 0.254 e. The molecule has 0 radical (unpaired) electrons. The number of hydrogen-bond acceptors (Lipinski definition) is 4. The van der Waals surface area contributed by atoms with Gasteiger partial charge in [0.25, 0.3) is 5.91 Å². The standard InChI is InChI=1S/C15H18N4O2/c1-2-14(20)13-5-3-4-8-19(13)15(21)10-6-7-11-12(9-10)17-18-16-11/h6-7,9,13H,2-5,8H2,1H3,(H,16,17,18)/t13-/m0/s1. The Bertz CT molecular complexity index is 679. The van der Waals surface area contributed by atoms with Crippen LogP contribution < -0.4 is 0 Å². The molecule has 6 nitrogen and oxygen atoms in total. The molecular formula is C15H18N4O2. The number of benzene rings is 1. The number of aromatic amines is 1. The minimum absolute atomic E-state index is 0.0913. The molecule has 1 amide bonds. The molecule has 1 aliphatic rings. The summed E-state index contributed by atoms with van der Waals surface area (Å²) in [6.07, 6.45) is 3.19. The molecule has 2 aromatic rings. The lowest BCUT2D eigenvalue weighted by atomic mass is 9.96. The first kappa shape index (κ1) is 13.7. The molecule has 1 aliphatic heterocycles. The molecule has 21 heavy (non-hydrogen) atoms. The third kappa shape index (κ3) is 2.53. The minimum atomic E-state index is -0.274. The van der Waals surface area contributed by atoms with Gasteiger partial charge in [0.15, 0.2) is 5.78 Å². The average Bonchev–Trinajstić information content (AvgIpc) is 3.01. The van der Waals surface area contributed by atoms with Gasteiger partial charge in [0.2, 0.25) is 0 Å². The zero-order chi connectivity index (χ0) is 14.8. The van der Waals surface area contributed by atoms with Gasteiger partial charge in [-0.05, 0) is 37.5 Å². The summed E-state index contributed by atoms with van der Waals surface area (Å²) >= 11 is 0. The van der Waals surface area contributed by atoms with Crippen LogP contribution in [0, 0.1) is 0 Å². The van der Waals surface area contributed by atoms with Gasteiger partial charge in [0, 0.05) is 18.5 Å². The zero-order valence-corrected chi connectivity index (χ0v) is 12.0. The van der Waals surface area contributed by atoms with Gasteiger partial charge in [-0.15, -0.1) is 0 Å². The second kappa shape index (κ2) is 5.63. The number of Topliss-reactive ketones (excluding diaryl/α,β-unsaturated/α-hetero) is 1. The van der Waals surface area contributed by atoms with E-state index in [0.29, 0.717) is 24.0 Å². The van der Waals surface area contributed by atoms with Crippen molar-refractivity contribution in [3.8, 4) is 0 Å². The monoisotopic (exact) mass is 286 g/mol. The summed E-state index contributed by atoms with van der Waals surface area (Å²) in [5.41, 5.74) is 1.95. The lowest BCUT2D eigenvalue weighted by Gasteiger charge is -2.34. The SMILES string of the molecule is CCC(=O)[C@@H]1CCCCN1C(=O)c1ccc2n[nH]nc2c1. The lowest BCUT2D eigenvalue weighted by Crippen LogP contribution is -2.47. The van der Waals surface area contributed by atoms with Crippen molar-refractivity contribution in [2.24, 2.45) is 0 Å². The number of hydrogen-bond donors (Lipinski definition) is 1. The van der Waals surface area contributed by atoms with Crippen LogP contribution in [-0.4, -0.2) is 44.6 Å². The number of carbonyl (C=O) groups is 2. The van der Waals surface area contributed by atoms with E-state index in [1.807, 2.05) is 6.92 Å². The summed E-state index contributed by atoms with van der Waals surface area (Å²) in [4.78, 5) is 26.5. The first-order valence-corrected chi connectivity index (χ1v) is 7.35. The van der Waals surface area contributed by atoms with Gasteiger partial charge < -0.3 is 4.90 Å². The van der Waals surface area contributed by atoms with Crippen LogP contribution >= 0.6 is 0 Å². The van der Waals surface area contributed by atoms with E-state index in [1.54, 1.807) is 23.1 Å². The Labute approximate surface area is 122 Å². The average molecular weight is 286 g/mol. The van der Waals surface area contributed by atoms with Crippen molar-refractivity contribution >= 4 is 22.7 Å². The summed E-state index contributed by atoms with van der Waals surface area (Å²) in [6, 6.07) is 4.97. The second-order valence-electron chi connectivity index (χ2n) is 5.36. The van der Waals surface area contributed by atoms with Crippen molar-refractivity contribution < 1.29 is 9.59 Å². The highest BCUT2D eigenvalue weighted by Crippen LogP contribution is 2.22. The van der Waals surface area contributed by atoms with Crippen LogP contribution in [0.5, 0.6) is 0 Å². The van der Waals surface area contributed by atoms with Crippen molar-refractivity contribution in [3.05, 3.63) is 23.8 Å². The Kier molecular flexibility index (Phi) is 3.68. The van der Waals surface area contributed by atoms with Crippen LogP contribution in [0.15, 0.2) is 18.2 Å². The Morgan fingerprint density at radius 1 is 1.29 bits per heavy atom. The first-order valence-electron chi connectivity index (χ1n) is 7.35. The maximum Gasteiger partial charge on any atom is 0.254 e. The molecule has 1 atom stereocenters. The summed E-state index contributed by atoms with van der Waals surface area (Å²) < 4.78 is 0. The van der Waals surface area contributed by atoms with E-state index in [9.17, 15) is 9.59 Å². The number of likely N-dealkylation sites (tertiary alicyclic amines) is 1. The molecule has 1 saturated heterocycles. The number of piperidine rings is 1. The maximum atomic E-state index is 12.7. The Morgan fingerprint density at radius 3 is 2.90 bits per heavy atom. The first-order chi connectivity index (χ1) is 10.2. The van der Waals surface area contributed by atoms with Crippen LogP contribution in [0.4, 0.5) is 0 Å². The van der Waals surface area contributed by atoms with E-state index in [1.165, 1.54) is 0 Å². The molecule has 1 N–H and O–H groups in total. The highest BCUT2D eigenvalue weighted by Gasteiger charge is 2.31. The number of fused-ring (bicyclic) bond motifs is 1. The van der Waals surface area contributed by atoms with Crippen molar-refractivity contribution in [1.82, 2.24) is 20.3 Å². The molecule has 0 spiro atoms. The highest BCUT2D eigenvalue weighted by molar-refractivity contribution is 6.00. The number of rotatable bonds is 3. The van der Waals surface area contributed by atoms with Crippen molar-refractivity contribution in [1.29, 1.82) is 0 Å². The number of aromatic nitrogens is 3. The van der Waals surface area contributed by atoms with E-state index >= 15 is 0 Å². The van der Waals surface area contributed by atoms with Gasteiger partial charge in [0.05, 0.1) is 6.04 Å². The molecule has 3 rings (SSSR count). The molecule has 1 aromatic carbocycles. The number of carbonyl (C=O) groups excluding carboxylic acids is 2. The molecule has 0 bridgehead atoms. The van der Waals surface area contributed by atoms with Gasteiger partial charge in [-0.3, -0.25) is 9.59 Å². The van der Waals surface area contributed by atoms with Gasteiger partial charge in [-0.2, -0.15) is 15.4 Å². The van der Waals surface area contributed by atoms with Crippen LogP contribution in [-0.2, 0) is 4.79 Å². The molecule has 0 saturated carbocycles. The van der Waals surface area contributed by atoms with Gasteiger partial charge in [-0.1, -0.05) is 6.92 Å². The Morgan fingerprint density at radius 2 is 2.10 bits per heavy atom. The van der Waals surface area contributed by atoms with E-state index < -0.39 is 0 Å². The molecule has 6 heteroatoms. The maximum absolute atomic E-state index is 12.7. The molecule has 110 valence electrons. The molecular weight excluding hydrogens is 268 g/mol. The summed E-state index contributed by atoms with van der Waals surface area (Å²) in [5.74, 6) is 0.0527. The zero-order valence-electron chi connectivity index (χ0n) is 12.0. The predicted molar refractivity (Wildman–Crippen MR) is 77.9 cm³/mol. The van der Waals surface area contributed by atoms with Gasteiger partial charge >= 0.3 is 0 Å². The number of amides is 1. The second-order valence-corrected chi connectivity index (χ2v) is 5.36. The fourth-order valence-corrected chi connectivity index (χ4v) is 2.88. The number of nitrogens with zero attached hydrogens (tertiary/aromatic N) is 3. The number of ketones is 1. The van der Waals surface area contributed by atoms with Crippen molar-refractivity contribution in [2.45, 2.75) is 38.6 Å². The molecule has 1 fully saturated rings. The van der Waals surface area contributed by atoms with Crippen molar-refractivity contribution in [2.75, 3.05) is 6.54 Å². The predicted octanol–water partition coefficient (Wildman–Crippen LogP) is 1.93. The topological polar surface area (TPSA) is 79.0 Å². The number of H-pyrrole nitrogens is 1. The summed E-state index contributed by atoms with van der Waals surface area (Å²) in [5, 5.41) is 10.5. The van der Waals surface area contributed by atoms with E-state index in [2.05, 4.69) is 15.4 Å². The van der Waals surface area contributed by atoms with E-state index in [0.717, 1.165) is 24.8 Å². The lowest BCUT2D eigenvalue weighted by molar-refractivity contribution is -0.124. The molecule has 0 unspecified atom stereocenters. The van der Waals surface area contributed by atoms with Crippen LogP contribution in [0.1, 0.15) is 43.0 Å². The van der Waals surface area contributed by atoms with Crippen LogP contribution in [0.2, 0.25) is 0 Å². The quantitative estimate of drug-likeness (QED) is 0.935. The van der Waals surface area contributed by atoms with E-state index in [-0.39, 0.29) is 17.7 Å². The Hall–Kier alpha value is -2.24. The summed E-state index contributed by atoms with van der Waals surface area (Å²) in [7, 11) is 0. The molecule has 0 aliphatic carbocycles.